The Hall–Kier alpha value is -6.12. The van der Waals surface area contributed by atoms with Gasteiger partial charge in [0.25, 0.3) is 0 Å². The lowest BCUT2D eigenvalue weighted by atomic mass is 9.78. The van der Waals surface area contributed by atoms with Crippen molar-refractivity contribution in [2.75, 3.05) is 9.80 Å². The summed E-state index contributed by atoms with van der Waals surface area (Å²) in [4.78, 5) is 4.81. The third-order valence-corrected chi connectivity index (χ3v) is 13.0. The molecule has 3 aliphatic rings. The number of para-hydroxylation sites is 2. The molecule has 272 valence electrons. The Kier molecular flexibility index (Phi) is 8.23. The summed E-state index contributed by atoms with van der Waals surface area (Å²) in [5.74, 6) is 1.42. The summed E-state index contributed by atoms with van der Waals surface area (Å²) < 4.78 is 0. The van der Waals surface area contributed by atoms with E-state index in [1.54, 1.807) is 0 Å². The molecule has 2 nitrogen and oxygen atoms in total. The van der Waals surface area contributed by atoms with Crippen molar-refractivity contribution < 1.29 is 0 Å². The van der Waals surface area contributed by atoms with Gasteiger partial charge in [0.05, 0.1) is 0 Å². The molecule has 0 aromatic heterocycles. The van der Waals surface area contributed by atoms with Crippen LogP contribution in [-0.4, -0.2) is 0 Å². The van der Waals surface area contributed by atoms with Crippen molar-refractivity contribution in [2.45, 2.75) is 63.2 Å². The van der Waals surface area contributed by atoms with Crippen LogP contribution in [0.5, 0.6) is 0 Å². The highest BCUT2D eigenvalue weighted by molar-refractivity contribution is 6.12. The summed E-state index contributed by atoms with van der Waals surface area (Å²) in [5, 5.41) is 5.08. The quantitative estimate of drug-likeness (QED) is 0.154. The lowest BCUT2D eigenvalue weighted by Gasteiger charge is -2.29. The molecule has 2 heteroatoms. The fraction of sp³-hybridized carbons (Fsp3) is 0.185. The fourth-order valence-corrected chi connectivity index (χ4v) is 10.0. The van der Waals surface area contributed by atoms with Crippen LogP contribution in [0.4, 0.5) is 34.1 Å². The van der Waals surface area contributed by atoms with Gasteiger partial charge in [0, 0.05) is 34.1 Å². The van der Waals surface area contributed by atoms with Crippen molar-refractivity contribution in [1.82, 2.24) is 0 Å². The van der Waals surface area contributed by atoms with Crippen LogP contribution in [0.3, 0.4) is 0 Å². The highest BCUT2D eigenvalue weighted by atomic mass is 15.1. The van der Waals surface area contributed by atoms with Crippen molar-refractivity contribution in [3.05, 3.63) is 181 Å². The predicted octanol–water partition coefficient (Wildman–Crippen LogP) is 15.9. The first kappa shape index (κ1) is 33.2. The van der Waals surface area contributed by atoms with E-state index in [0.29, 0.717) is 11.8 Å². The SMILES string of the molecule is c1ccc(N(c2ccc(C3CCCC3)cc2)c2ccc3cc4c(cc3c2)-c2cc3cc(N(c5ccccc5)c5ccc(C6CCCC6)cc5)ccc3cc2-4)cc1. The van der Waals surface area contributed by atoms with Gasteiger partial charge in [-0.2, -0.15) is 0 Å². The Balaban J connectivity index is 0.948. The van der Waals surface area contributed by atoms with Gasteiger partial charge in [-0.1, -0.05) is 98.5 Å². The van der Waals surface area contributed by atoms with Gasteiger partial charge < -0.3 is 9.80 Å². The molecule has 2 saturated carbocycles. The van der Waals surface area contributed by atoms with E-state index in [9.17, 15) is 0 Å². The lowest BCUT2D eigenvalue weighted by molar-refractivity contribution is 0.723. The number of hydrogen-bond acceptors (Lipinski definition) is 2. The molecule has 3 aliphatic carbocycles. The normalized spacial score (nSPS) is 15.1. The minimum Gasteiger partial charge on any atom is -0.310 e. The summed E-state index contributed by atoms with van der Waals surface area (Å²) in [7, 11) is 0. The van der Waals surface area contributed by atoms with Gasteiger partial charge in [-0.15, -0.1) is 0 Å². The Morgan fingerprint density at radius 2 is 0.607 bits per heavy atom. The summed E-state index contributed by atoms with van der Waals surface area (Å²) in [6.45, 7) is 0. The first-order valence-corrected chi connectivity index (χ1v) is 20.8. The average Bonchev–Trinajstić information content (AvgIpc) is 4.01. The highest BCUT2D eigenvalue weighted by Crippen LogP contribution is 2.51. The molecule has 0 unspecified atom stereocenters. The van der Waals surface area contributed by atoms with E-state index in [1.165, 1.54) is 140 Å². The number of nitrogens with zero attached hydrogens (tertiary/aromatic N) is 2. The van der Waals surface area contributed by atoms with Crippen molar-refractivity contribution >= 4 is 55.7 Å². The first-order chi connectivity index (χ1) is 27.7. The van der Waals surface area contributed by atoms with E-state index >= 15 is 0 Å². The standard InChI is InChI=1S/C54H46N2/c1-3-15-45(16-4-1)55(47-25-19-39(20-26-47)37-11-7-8-12-37)49-29-23-41-33-51-52-34-42-24-30-50(32-44(42)36-54(52)53(51)35-43(41)31-49)56(46-17-5-2-6-18-46)48-27-21-40(22-28-48)38-13-9-10-14-38/h1-6,15-38H,7-14H2. The molecule has 8 aromatic carbocycles. The van der Waals surface area contributed by atoms with Crippen LogP contribution in [0, 0.1) is 0 Å². The van der Waals surface area contributed by atoms with Crippen LogP contribution in [0.2, 0.25) is 0 Å². The second-order valence-corrected chi connectivity index (χ2v) is 16.3. The van der Waals surface area contributed by atoms with Gasteiger partial charge in [-0.05, 0) is 190 Å². The van der Waals surface area contributed by atoms with E-state index in [1.807, 2.05) is 0 Å². The van der Waals surface area contributed by atoms with E-state index in [0.717, 1.165) is 0 Å². The van der Waals surface area contributed by atoms with Gasteiger partial charge in [-0.25, -0.2) is 0 Å². The molecule has 0 saturated heterocycles. The minimum absolute atomic E-state index is 0.709. The van der Waals surface area contributed by atoms with Crippen molar-refractivity contribution in [3.8, 4) is 22.3 Å². The van der Waals surface area contributed by atoms with Gasteiger partial charge >= 0.3 is 0 Å². The molecule has 0 aliphatic heterocycles. The second kappa shape index (κ2) is 13.9. The van der Waals surface area contributed by atoms with E-state index in [-0.39, 0.29) is 0 Å². The van der Waals surface area contributed by atoms with Crippen molar-refractivity contribution in [3.63, 3.8) is 0 Å². The molecule has 56 heavy (non-hydrogen) atoms. The van der Waals surface area contributed by atoms with Crippen LogP contribution in [0.15, 0.2) is 170 Å². The Morgan fingerprint density at radius 3 is 0.982 bits per heavy atom. The van der Waals surface area contributed by atoms with Gasteiger partial charge in [-0.3, -0.25) is 0 Å². The van der Waals surface area contributed by atoms with Gasteiger partial charge in [0.15, 0.2) is 0 Å². The second-order valence-electron chi connectivity index (χ2n) is 16.3. The zero-order chi connectivity index (χ0) is 37.0. The molecular weight excluding hydrogens is 677 g/mol. The molecular formula is C54H46N2. The highest BCUT2D eigenvalue weighted by Gasteiger charge is 2.25. The van der Waals surface area contributed by atoms with Crippen LogP contribution in [0.25, 0.3) is 43.8 Å². The van der Waals surface area contributed by atoms with Gasteiger partial charge in [0.1, 0.15) is 0 Å². The summed E-state index contributed by atoms with van der Waals surface area (Å²) in [5.41, 5.74) is 15.4. The third kappa shape index (κ3) is 5.87. The zero-order valence-electron chi connectivity index (χ0n) is 31.9. The molecule has 2 fully saturated rings. The van der Waals surface area contributed by atoms with Crippen LogP contribution >= 0.6 is 0 Å². The Labute approximate surface area is 330 Å². The van der Waals surface area contributed by atoms with E-state index in [4.69, 9.17) is 0 Å². The van der Waals surface area contributed by atoms with E-state index in [2.05, 4.69) is 180 Å². The number of fused-ring (bicyclic) bond motifs is 6. The first-order valence-electron chi connectivity index (χ1n) is 20.8. The number of rotatable bonds is 8. The van der Waals surface area contributed by atoms with Crippen LogP contribution < -0.4 is 9.80 Å². The van der Waals surface area contributed by atoms with Crippen LogP contribution in [-0.2, 0) is 0 Å². The number of anilines is 6. The lowest BCUT2D eigenvalue weighted by Crippen LogP contribution is -2.10. The fourth-order valence-electron chi connectivity index (χ4n) is 10.0. The summed E-state index contributed by atoms with van der Waals surface area (Å²) in [6, 6.07) is 63.9. The van der Waals surface area contributed by atoms with E-state index < -0.39 is 0 Å². The maximum Gasteiger partial charge on any atom is 0.0468 e. The Bertz CT molecular complexity index is 2490. The molecule has 0 heterocycles. The molecule has 11 rings (SSSR count). The smallest absolute Gasteiger partial charge is 0.0468 e. The maximum absolute atomic E-state index is 2.42. The topological polar surface area (TPSA) is 6.48 Å². The molecule has 0 bridgehead atoms. The molecule has 8 aromatic rings. The molecule has 0 amide bonds. The molecule has 0 atom stereocenters. The summed E-state index contributed by atoms with van der Waals surface area (Å²) in [6.07, 6.45) is 10.7. The van der Waals surface area contributed by atoms with Crippen LogP contribution in [0.1, 0.15) is 74.3 Å². The average molecular weight is 723 g/mol. The predicted molar refractivity (Wildman–Crippen MR) is 238 cm³/mol. The summed E-state index contributed by atoms with van der Waals surface area (Å²) >= 11 is 0. The van der Waals surface area contributed by atoms with Gasteiger partial charge in [0.2, 0.25) is 0 Å². The Morgan fingerprint density at radius 1 is 0.286 bits per heavy atom. The monoisotopic (exact) mass is 722 g/mol. The maximum atomic E-state index is 2.42. The largest absolute Gasteiger partial charge is 0.310 e. The zero-order valence-corrected chi connectivity index (χ0v) is 31.9. The van der Waals surface area contributed by atoms with Crippen molar-refractivity contribution in [2.24, 2.45) is 0 Å². The molecule has 0 radical (unpaired) electrons. The third-order valence-electron chi connectivity index (χ3n) is 13.0. The van der Waals surface area contributed by atoms with Crippen molar-refractivity contribution in [1.29, 1.82) is 0 Å². The molecule has 0 spiro atoms. The number of benzene rings is 8. The number of hydrogen-bond donors (Lipinski definition) is 0. The minimum atomic E-state index is 0.709. The molecule has 0 N–H and O–H groups in total.